The minimum atomic E-state index is -0.249. The number of carbonyl (C=O) groups excluding carboxylic acids is 1. The van der Waals surface area contributed by atoms with Crippen LogP contribution in [0.25, 0.3) is 38.9 Å². The number of anilines is 2. The lowest BCUT2D eigenvalue weighted by Crippen LogP contribution is -2.29. The van der Waals surface area contributed by atoms with Gasteiger partial charge in [-0.3, -0.25) is 9.48 Å². The molecule has 0 fully saturated rings. The van der Waals surface area contributed by atoms with Gasteiger partial charge in [-0.05, 0) is 55.1 Å². The van der Waals surface area contributed by atoms with Crippen LogP contribution in [0.3, 0.4) is 0 Å². The zero-order valence-electron chi connectivity index (χ0n) is 23.7. The van der Waals surface area contributed by atoms with Crippen LogP contribution in [0.1, 0.15) is 5.56 Å². The molecule has 0 saturated carbocycles. The topological polar surface area (TPSA) is 94.5 Å². The van der Waals surface area contributed by atoms with Gasteiger partial charge in [0, 0.05) is 56.3 Å². The van der Waals surface area contributed by atoms with Gasteiger partial charge in [-0.25, -0.2) is 4.52 Å². The number of hydrogen-bond acceptors (Lipinski definition) is 6. The van der Waals surface area contributed by atoms with Crippen molar-refractivity contribution in [2.75, 3.05) is 44.4 Å². The molecule has 2 aromatic carbocycles. The summed E-state index contributed by atoms with van der Waals surface area (Å²) in [7, 11) is 7.98. The van der Waals surface area contributed by atoms with Crippen LogP contribution in [-0.4, -0.2) is 64.4 Å². The quantitative estimate of drug-likeness (QED) is 0.261. The molecule has 1 N–H and O–H groups in total. The zero-order chi connectivity index (χ0) is 29.1. The van der Waals surface area contributed by atoms with Gasteiger partial charge < -0.3 is 15.1 Å². The molecule has 0 unspecified atom stereocenters. The van der Waals surface area contributed by atoms with Gasteiger partial charge in [-0.1, -0.05) is 36.9 Å². The third-order valence-electron chi connectivity index (χ3n) is 7.03. The molecule has 5 aromatic rings. The molecular weight excluding hydrogens is 512 g/mol. The monoisotopic (exact) mass is 544 g/mol. The van der Waals surface area contributed by atoms with E-state index in [1.807, 2.05) is 58.9 Å². The van der Waals surface area contributed by atoms with Gasteiger partial charge in [0.15, 0.2) is 0 Å². The average molecular weight is 545 g/mol. The Morgan fingerprint density at radius 3 is 2.34 bits per heavy atom. The molecular formula is C32H32N8O. The average Bonchev–Trinajstić information content (AvgIpc) is 3.61. The molecule has 0 spiro atoms. The maximum Gasteiger partial charge on any atom is 0.247 e. The largest absolute Gasteiger partial charge is 0.372 e. The summed E-state index contributed by atoms with van der Waals surface area (Å²) in [5.74, 6) is -0.249. The van der Waals surface area contributed by atoms with Crippen molar-refractivity contribution in [3.63, 3.8) is 0 Å². The fourth-order valence-electron chi connectivity index (χ4n) is 4.78. The van der Waals surface area contributed by atoms with Crippen molar-refractivity contribution in [3.8, 4) is 39.4 Å². The molecule has 0 bridgehead atoms. The Morgan fingerprint density at radius 2 is 1.68 bits per heavy atom. The number of fused-ring (bicyclic) bond motifs is 1. The van der Waals surface area contributed by atoms with Crippen LogP contribution in [0, 0.1) is 11.3 Å². The summed E-state index contributed by atoms with van der Waals surface area (Å²) in [6.45, 7) is 5.24. The van der Waals surface area contributed by atoms with E-state index in [2.05, 4.69) is 74.4 Å². The zero-order valence-corrected chi connectivity index (χ0v) is 23.7. The lowest BCUT2D eigenvalue weighted by atomic mass is 9.97. The molecule has 0 aliphatic rings. The fourth-order valence-corrected chi connectivity index (χ4v) is 4.78. The molecule has 9 nitrogen and oxygen atoms in total. The highest BCUT2D eigenvalue weighted by molar-refractivity contribution is 6.01. The summed E-state index contributed by atoms with van der Waals surface area (Å²) in [6, 6.07) is 18.7. The number of hydrogen-bond donors (Lipinski definition) is 1. The molecule has 0 aliphatic heterocycles. The van der Waals surface area contributed by atoms with E-state index < -0.39 is 0 Å². The van der Waals surface area contributed by atoms with Crippen LogP contribution in [-0.2, 0) is 11.8 Å². The normalized spacial score (nSPS) is 11.0. The van der Waals surface area contributed by atoms with Gasteiger partial charge in [-0.15, -0.1) is 0 Å². The summed E-state index contributed by atoms with van der Waals surface area (Å²) in [5.41, 5.74) is 8.81. The third kappa shape index (κ3) is 5.73. The Hall–Kier alpha value is -5.20. The van der Waals surface area contributed by atoms with E-state index in [0.29, 0.717) is 5.56 Å². The second kappa shape index (κ2) is 11.5. The van der Waals surface area contributed by atoms with E-state index in [0.717, 1.165) is 63.4 Å². The highest BCUT2D eigenvalue weighted by Gasteiger charge is 2.16. The maximum atomic E-state index is 12.1. The Balaban J connectivity index is 1.54. The Labute approximate surface area is 239 Å². The number of nitriles is 1. The third-order valence-corrected chi connectivity index (χ3v) is 7.03. The second-order valence-corrected chi connectivity index (χ2v) is 10.2. The molecule has 206 valence electrons. The van der Waals surface area contributed by atoms with Crippen molar-refractivity contribution < 1.29 is 4.79 Å². The van der Waals surface area contributed by atoms with Crippen molar-refractivity contribution in [1.82, 2.24) is 24.3 Å². The maximum absolute atomic E-state index is 12.1. The Kier molecular flexibility index (Phi) is 7.68. The first kappa shape index (κ1) is 27.4. The number of nitrogens with zero attached hydrogens (tertiary/aromatic N) is 7. The fraction of sp³-hybridized carbons (Fsp3) is 0.188. The highest BCUT2D eigenvalue weighted by Crippen LogP contribution is 2.35. The highest BCUT2D eigenvalue weighted by atomic mass is 16.1. The molecule has 1 amide bonds. The molecule has 9 heteroatoms. The van der Waals surface area contributed by atoms with Crippen molar-refractivity contribution in [2.24, 2.45) is 7.05 Å². The number of benzene rings is 2. The number of rotatable bonds is 9. The van der Waals surface area contributed by atoms with E-state index in [9.17, 15) is 10.1 Å². The smallest absolute Gasteiger partial charge is 0.247 e. The number of amides is 1. The van der Waals surface area contributed by atoms with Crippen LogP contribution < -0.4 is 10.2 Å². The van der Waals surface area contributed by atoms with Crippen molar-refractivity contribution in [3.05, 3.63) is 91.5 Å². The summed E-state index contributed by atoms with van der Waals surface area (Å²) >= 11 is 0. The summed E-state index contributed by atoms with van der Waals surface area (Å²) < 4.78 is 3.52. The van der Waals surface area contributed by atoms with E-state index in [-0.39, 0.29) is 5.91 Å². The Bertz CT molecular complexity index is 1770. The minimum Gasteiger partial charge on any atom is -0.372 e. The molecule has 0 aliphatic carbocycles. The van der Waals surface area contributed by atoms with Crippen molar-refractivity contribution >= 4 is 22.8 Å². The van der Waals surface area contributed by atoms with Gasteiger partial charge in [0.25, 0.3) is 0 Å². The molecule has 3 heterocycles. The number of aromatic nitrogens is 4. The lowest BCUT2D eigenvalue weighted by molar-refractivity contribution is -0.111. The van der Waals surface area contributed by atoms with E-state index in [4.69, 9.17) is 0 Å². The van der Waals surface area contributed by atoms with E-state index >= 15 is 0 Å². The molecule has 41 heavy (non-hydrogen) atoms. The summed E-state index contributed by atoms with van der Waals surface area (Å²) in [4.78, 5) is 16.4. The number of likely N-dealkylation sites (N-methyl/N-ethyl adjacent to an activating group) is 2. The predicted molar refractivity (Wildman–Crippen MR) is 164 cm³/mol. The Morgan fingerprint density at radius 1 is 0.951 bits per heavy atom. The van der Waals surface area contributed by atoms with Crippen LogP contribution in [0.15, 0.2) is 86.0 Å². The molecule has 3 aromatic heterocycles. The van der Waals surface area contributed by atoms with E-state index in [1.54, 1.807) is 15.4 Å². The van der Waals surface area contributed by atoms with Gasteiger partial charge in [0.2, 0.25) is 5.91 Å². The van der Waals surface area contributed by atoms with Gasteiger partial charge in [0.05, 0.1) is 34.8 Å². The minimum absolute atomic E-state index is 0.249. The van der Waals surface area contributed by atoms with Gasteiger partial charge >= 0.3 is 0 Å². The van der Waals surface area contributed by atoms with Crippen LogP contribution in [0.2, 0.25) is 0 Å². The number of aryl methyl sites for hydroxylation is 1. The lowest BCUT2D eigenvalue weighted by Gasteiger charge is -2.25. The first-order valence-electron chi connectivity index (χ1n) is 13.2. The van der Waals surface area contributed by atoms with Crippen LogP contribution in [0.4, 0.5) is 11.4 Å². The predicted octanol–water partition coefficient (Wildman–Crippen LogP) is 5.06. The molecule has 0 radical (unpaired) electrons. The second-order valence-electron chi connectivity index (χ2n) is 10.2. The van der Waals surface area contributed by atoms with E-state index in [1.165, 1.54) is 6.08 Å². The standard InChI is InChI=1S/C32H32N8O/c1-6-31(41)36-29-12-11-24(16-30(29)38(4)14-13-37(2)3)22-7-9-23(10-8-22)28-15-25(27-19-34-39(5)20-27)21-40-32(28)26(17-33)18-35-40/h6-12,15-16,18-21H,1,13-14H2,2-5H3,(H,36,41). The molecule has 5 rings (SSSR count). The van der Waals surface area contributed by atoms with Gasteiger partial charge in [0.1, 0.15) is 6.07 Å². The van der Waals surface area contributed by atoms with Crippen molar-refractivity contribution in [2.45, 2.75) is 0 Å². The van der Waals surface area contributed by atoms with Crippen LogP contribution in [0.5, 0.6) is 0 Å². The van der Waals surface area contributed by atoms with Gasteiger partial charge in [-0.2, -0.15) is 15.5 Å². The number of carbonyl (C=O) groups is 1. The SMILES string of the molecule is C=CC(=O)Nc1ccc(-c2ccc(-c3cc(-c4cnn(C)c4)cn4ncc(C#N)c34)cc2)cc1N(C)CCN(C)C. The van der Waals surface area contributed by atoms with Crippen LogP contribution >= 0.6 is 0 Å². The summed E-state index contributed by atoms with van der Waals surface area (Å²) in [6.07, 6.45) is 8.57. The molecule has 0 atom stereocenters. The number of nitrogens with one attached hydrogen (secondary N) is 1. The first-order chi connectivity index (χ1) is 19.8. The summed E-state index contributed by atoms with van der Waals surface area (Å²) in [5, 5.41) is 21.4. The number of pyridine rings is 1. The van der Waals surface area contributed by atoms with Crippen molar-refractivity contribution in [1.29, 1.82) is 5.26 Å². The molecule has 0 saturated heterocycles. The first-order valence-corrected chi connectivity index (χ1v) is 13.2.